The summed E-state index contributed by atoms with van der Waals surface area (Å²) in [5.74, 6) is 1.73. The zero-order valence-electron chi connectivity index (χ0n) is 19.7. The topological polar surface area (TPSA) is 123 Å². The number of pyridine rings is 1. The van der Waals surface area contributed by atoms with Gasteiger partial charge in [-0.15, -0.1) is 0 Å². The first-order chi connectivity index (χ1) is 17.0. The Balaban J connectivity index is 1.34. The van der Waals surface area contributed by atoms with Gasteiger partial charge in [-0.1, -0.05) is 12.1 Å². The largest absolute Gasteiger partial charge is 0.493 e. The number of morpholine rings is 1. The standard InChI is InChI=1S/C23H30N6O6/c1-33-19-4-2-3-5-20(19)35-23(30)28-12-10-27(11-13-28)21-7-6-18(29(31)32)22(25-21)24-8-9-26-14-16-34-17-15-26/h2-7H,8-17H2,1H3,(H,24,25). The molecule has 1 aromatic carbocycles. The van der Waals surface area contributed by atoms with Crippen LogP contribution in [0, 0.1) is 10.1 Å². The Bertz CT molecular complexity index is 1020. The molecule has 0 aliphatic carbocycles. The average Bonchev–Trinajstić information content (AvgIpc) is 2.89. The molecule has 2 aliphatic rings. The Morgan fingerprint density at radius 3 is 2.49 bits per heavy atom. The maximum Gasteiger partial charge on any atom is 0.415 e. The van der Waals surface area contributed by atoms with E-state index in [9.17, 15) is 14.9 Å². The quantitative estimate of drug-likeness (QED) is 0.438. The second-order valence-electron chi connectivity index (χ2n) is 8.17. The second kappa shape index (κ2) is 11.7. The molecule has 3 heterocycles. The first-order valence-corrected chi connectivity index (χ1v) is 11.6. The summed E-state index contributed by atoms with van der Waals surface area (Å²) in [6.07, 6.45) is -0.448. The minimum atomic E-state index is -0.448. The van der Waals surface area contributed by atoms with Gasteiger partial charge in [-0.25, -0.2) is 9.78 Å². The van der Waals surface area contributed by atoms with Crippen LogP contribution in [0.5, 0.6) is 11.5 Å². The van der Waals surface area contributed by atoms with E-state index in [2.05, 4.69) is 15.2 Å². The third kappa shape index (κ3) is 6.28. The smallest absolute Gasteiger partial charge is 0.415 e. The van der Waals surface area contributed by atoms with Gasteiger partial charge in [0.2, 0.25) is 5.82 Å². The Kier molecular flexibility index (Phi) is 8.16. The molecular weight excluding hydrogens is 456 g/mol. The van der Waals surface area contributed by atoms with Crippen molar-refractivity contribution in [3.63, 3.8) is 0 Å². The van der Waals surface area contributed by atoms with Gasteiger partial charge in [0.15, 0.2) is 11.5 Å². The summed E-state index contributed by atoms with van der Waals surface area (Å²) in [7, 11) is 1.52. The van der Waals surface area contributed by atoms with Crippen molar-refractivity contribution < 1.29 is 23.9 Å². The number of nitrogens with zero attached hydrogens (tertiary/aromatic N) is 5. The molecule has 0 radical (unpaired) electrons. The Morgan fingerprint density at radius 1 is 1.09 bits per heavy atom. The Labute approximate surface area is 203 Å². The molecule has 12 nitrogen and oxygen atoms in total. The molecule has 0 atom stereocenters. The third-order valence-corrected chi connectivity index (χ3v) is 6.01. The number of benzene rings is 1. The Morgan fingerprint density at radius 2 is 1.80 bits per heavy atom. The number of aromatic nitrogens is 1. The highest BCUT2D eigenvalue weighted by Gasteiger charge is 2.26. The first kappa shape index (κ1) is 24.5. The second-order valence-corrected chi connectivity index (χ2v) is 8.17. The molecule has 188 valence electrons. The fraction of sp³-hybridized carbons (Fsp3) is 0.478. The van der Waals surface area contributed by atoms with Crippen LogP contribution in [0.3, 0.4) is 0 Å². The molecule has 12 heteroatoms. The van der Waals surface area contributed by atoms with Gasteiger partial charge in [0.1, 0.15) is 5.82 Å². The number of rotatable bonds is 8. The van der Waals surface area contributed by atoms with Gasteiger partial charge in [-0.3, -0.25) is 15.0 Å². The summed E-state index contributed by atoms with van der Waals surface area (Å²) in [5.41, 5.74) is -0.0604. The number of carbonyl (C=O) groups is 1. The van der Waals surface area contributed by atoms with Crippen LogP contribution in [0.1, 0.15) is 0 Å². The van der Waals surface area contributed by atoms with Gasteiger partial charge in [-0.05, 0) is 18.2 Å². The van der Waals surface area contributed by atoms with Crippen LogP contribution in [0.2, 0.25) is 0 Å². The summed E-state index contributed by atoms with van der Waals surface area (Å²) in [6.45, 7) is 6.32. The number of piperazine rings is 1. The summed E-state index contributed by atoms with van der Waals surface area (Å²) >= 11 is 0. The summed E-state index contributed by atoms with van der Waals surface area (Å²) in [5, 5.41) is 14.6. The predicted octanol–water partition coefficient (Wildman–Crippen LogP) is 2.06. The van der Waals surface area contributed by atoms with Gasteiger partial charge >= 0.3 is 11.8 Å². The molecule has 2 saturated heterocycles. The van der Waals surface area contributed by atoms with E-state index in [0.29, 0.717) is 63.3 Å². The molecule has 1 aromatic heterocycles. The SMILES string of the molecule is COc1ccccc1OC(=O)N1CCN(c2ccc([N+](=O)[O-])c(NCCN3CCOCC3)n2)CC1. The van der Waals surface area contributed by atoms with Crippen molar-refractivity contribution >= 4 is 23.4 Å². The Hall–Kier alpha value is -3.64. The van der Waals surface area contributed by atoms with E-state index >= 15 is 0 Å². The number of nitro groups is 1. The summed E-state index contributed by atoms with van der Waals surface area (Å²) < 4.78 is 16.1. The predicted molar refractivity (Wildman–Crippen MR) is 129 cm³/mol. The van der Waals surface area contributed by atoms with Crippen LogP contribution in [0.4, 0.5) is 22.1 Å². The zero-order chi connectivity index (χ0) is 24.6. The number of carbonyl (C=O) groups excluding carboxylic acids is 1. The fourth-order valence-corrected chi connectivity index (χ4v) is 4.03. The molecule has 2 aromatic rings. The first-order valence-electron chi connectivity index (χ1n) is 11.6. The lowest BCUT2D eigenvalue weighted by Gasteiger charge is -2.34. The van der Waals surface area contributed by atoms with Crippen LogP contribution in [-0.2, 0) is 4.74 Å². The van der Waals surface area contributed by atoms with Gasteiger partial charge < -0.3 is 29.3 Å². The van der Waals surface area contributed by atoms with Crippen molar-refractivity contribution in [2.24, 2.45) is 0 Å². The number of para-hydroxylation sites is 2. The molecule has 2 fully saturated rings. The molecule has 4 rings (SSSR count). The van der Waals surface area contributed by atoms with E-state index in [0.717, 1.165) is 19.6 Å². The molecule has 0 saturated carbocycles. The van der Waals surface area contributed by atoms with Crippen LogP contribution in [0.15, 0.2) is 36.4 Å². The minimum Gasteiger partial charge on any atom is -0.493 e. The number of ether oxygens (including phenoxy) is 3. The highest BCUT2D eigenvalue weighted by atomic mass is 16.6. The van der Waals surface area contributed by atoms with Crippen molar-refractivity contribution in [2.75, 3.05) is 82.9 Å². The zero-order valence-corrected chi connectivity index (χ0v) is 19.7. The maximum absolute atomic E-state index is 12.6. The normalized spacial score (nSPS) is 16.6. The monoisotopic (exact) mass is 486 g/mol. The highest BCUT2D eigenvalue weighted by Crippen LogP contribution is 2.28. The van der Waals surface area contributed by atoms with Crippen molar-refractivity contribution in [2.45, 2.75) is 0 Å². The molecule has 0 unspecified atom stereocenters. The third-order valence-electron chi connectivity index (χ3n) is 6.01. The lowest BCUT2D eigenvalue weighted by atomic mass is 10.3. The van der Waals surface area contributed by atoms with E-state index in [4.69, 9.17) is 14.2 Å². The molecule has 0 bridgehead atoms. The van der Waals surface area contributed by atoms with Gasteiger partial charge in [0.05, 0.1) is 25.2 Å². The van der Waals surface area contributed by atoms with Crippen molar-refractivity contribution in [1.29, 1.82) is 0 Å². The molecule has 2 aliphatic heterocycles. The lowest BCUT2D eigenvalue weighted by Crippen LogP contribution is -2.49. The molecule has 0 spiro atoms. The van der Waals surface area contributed by atoms with Crippen LogP contribution in [-0.4, -0.2) is 98.5 Å². The van der Waals surface area contributed by atoms with Crippen molar-refractivity contribution in [3.05, 3.63) is 46.5 Å². The highest BCUT2D eigenvalue weighted by molar-refractivity contribution is 5.72. The molecule has 1 amide bonds. The van der Waals surface area contributed by atoms with Gasteiger partial charge in [-0.2, -0.15) is 0 Å². The number of amides is 1. The number of anilines is 2. The van der Waals surface area contributed by atoms with E-state index in [1.54, 1.807) is 35.2 Å². The molecule has 35 heavy (non-hydrogen) atoms. The van der Waals surface area contributed by atoms with Crippen LogP contribution < -0.4 is 19.7 Å². The number of nitrogens with one attached hydrogen (secondary N) is 1. The minimum absolute atomic E-state index is 0.0604. The van der Waals surface area contributed by atoms with E-state index < -0.39 is 11.0 Å². The van der Waals surface area contributed by atoms with E-state index in [1.165, 1.54) is 13.2 Å². The maximum atomic E-state index is 12.6. The van der Waals surface area contributed by atoms with Crippen LogP contribution >= 0.6 is 0 Å². The average molecular weight is 487 g/mol. The van der Waals surface area contributed by atoms with E-state index in [1.807, 2.05) is 4.90 Å². The van der Waals surface area contributed by atoms with Crippen molar-refractivity contribution in [1.82, 2.24) is 14.8 Å². The van der Waals surface area contributed by atoms with Crippen LogP contribution in [0.25, 0.3) is 0 Å². The van der Waals surface area contributed by atoms with Gasteiger partial charge in [0.25, 0.3) is 0 Å². The fourth-order valence-electron chi connectivity index (χ4n) is 4.03. The number of hydrogen-bond acceptors (Lipinski definition) is 10. The number of hydrogen-bond donors (Lipinski definition) is 1. The van der Waals surface area contributed by atoms with E-state index in [-0.39, 0.29) is 11.5 Å². The summed E-state index contributed by atoms with van der Waals surface area (Å²) in [6, 6.07) is 10.1. The van der Waals surface area contributed by atoms with Crippen molar-refractivity contribution in [3.8, 4) is 11.5 Å². The number of methoxy groups -OCH3 is 1. The molecular formula is C23H30N6O6. The lowest BCUT2D eigenvalue weighted by molar-refractivity contribution is -0.384. The molecule has 1 N–H and O–H groups in total. The summed E-state index contributed by atoms with van der Waals surface area (Å²) in [4.78, 5) is 34.1. The van der Waals surface area contributed by atoms with Gasteiger partial charge in [0, 0.05) is 58.4 Å².